The van der Waals surface area contributed by atoms with Crippen LogP contribution in [-0.4, -0.2) is 32.7 Å². The van der Waals surface area contributed by atoms with Crippen molar-refractivity contribution in [2.45, 2.75) is 64.1 Å². The van der Waals surface area contributed by atoms with Crippen LogP contribution in [0, 0.1) is 5.92 Å². The van der Waals surface area contributed by atoms with Crippen molar-refractivity contribution in [1.29, 1.82) is 0 Å². The molecule has 1 aliphatic carbocycles. The fraction of sp³-hybridized carbons (Fsp3) is 0.882. The fourth-order valence-corrected chi connectivity index (χ4v) is 2.80. The third-order valence-corrected chi connectivity index (χ3v) is 4.11. The van der Waals surface area contributed by atoms with E-state index in [9.17, 15) is 0 Å². The highest BCUT2D eigenvalue weighted by molar-refractivity contribution is 4.89. The van der Waals surface area contributed by atoms with E-state index in [1.165, 1.54) is 38.5 Å². The fourth-order valence-electron chi connectivity index (χ4n) is 2.80. The van der Waals surface area contributed by atoms with E-state index in [4.69, 9.17) is 14.2 Å². The smallest absolute Gasteiger partial charge is 0.157 e. The summed E-state index contributed by atoms with van der Waals surface area (Å²) in [5.74, 6) is 0.756. The standard InChI is InChI=1S/C17H30O3/c1-3-9-16(10-4-1)15-18-12-6-2-7-13-19-17-11-5-8-14-20-17/h1,3,16-17H,2,4-15H2. The van der Waals surface area contributed by atoms with Gasteiger partial charge in [-0.05, 0) is 63.7 Å². The van der Waals surface area contributed by atoms with Crippen molar-refractivity contribution in [2.24, 2.45) is 5.92 Å². The minimum Gasteiger partial charge on any atom is -0.381 e. The molecule has 3 heteroatoms. The first-order valence-electron chi connectivity index (χ1n) is 8.41. The van der Waals surface area contributed by atoms with Crippen LogP contribution in [0.1, 0.15) is 57.8 Å². The molecule has 1 heterocycles. The number of ether oxygens (including phenoxy) is 3. The lowest BCUT2D eigenvalue weighted by Crippen LogP contribution is -2.22. The van der Waals surface area contributed by atoms with Crippen LogP contribution < -0.4 is 0 Å². The Morgan fingerprint density at radius 2 is 1.95 bits per heavy atom. The van der Waals surface area contributed by atoms with Crippen LogP contribution in [0.15, 0.2) is 12.2 Å². The summed E-state index contributed by atoms with van der Waals surface area (Å²) in [4.78, 5) is 0. The van der Waals surface area contributed by atoms with Gasteiger partial charge in [-0.25, -0.2) is 0 Å². The maximum atomic E-state index is 5.77. The Morgan fingerprint density at radius 3 is 2.75 bits per heavy atom. The molecule has 0 saturated carbocycles. The van der Waals surface area contributed by atoms with Gasteiger partial charge < -0.3 is 14.2 Å². The molecule has 2 unspecified atom stereocenters. The van der Waals surface area contributed by atoms with Crippen LogP contribution in [0.2, 0.25) is 0 Å². The van der Waals surface area contributed by atoms with Crippen molar-refractivity contribution < 1.29 is 14.2 Å². The van der Waals surface area contributed by atoms with E-state index in [-0.39, 0.29) is 6.29 Å². The van der Waals surface area contributed by atoms with Gasteiger partial charge in [-0.15, -0.1) is 0 Å². The third-order valence-electron chi connectivity index (χ3n) is 4.11. The van der Waals surface area contributed by atoms with Gasteiger partial charge in [0.25, 0.3) is 0 Å². The highest BCUT2D eigenvalue weighted by Gasteiger charge is 2.13. The molecule has 2 rings (SSSR count). The second-order valence-corrected chi connectivity index (χ2v) is 5.95. The van der Waals surface area contributed by atoms with Crippen molar-refractivity contribution >= 4 is 0 Å². The predicted molar refractivity (Wildman–Crippen MR) is 80.7 cm³/mol. The minimum atomic E-state index is 0.0688. The Kier molecular flexibility index (Phi) is 8.29. The van der Waals surface area contributed by atoms with Crippen molar-refractivity contribution in [3.8, 4) is 0 Å². The molecular weight excluding hydrogens is 252 g/mol. The molecule has 116 valence electrons. The maximum absolute atomic E-state index is 5.77. The number of unbranched alkanes of at least 4 members (excludes halogenated alkanes) is 2. The minimum absolute atomic E-state index is 0.0688. The highest BCUT2D eigenvalue weighted by atomic mass is 16.7. The summed E-state index contributed by atoms with van der Waals surface area (Å²) in [6.07, 6.45) is 15.3. The second kappa shape index (κ2) is 10.4. The number of hydrogen-bond donors (Lipinski definition) is 0. The molecule has 0 spiro atoms. The monoisotopic (exact) mass is 282 g/mol. The highest BCUT2D eigenvalue weighted by Crippen LogP contribution is 2.18. The first kappa shape index (κ1) is 16.0. The molecule has 0 radical (unpaired) electrons. The maximum Gasteiger partial charge on any atom is 0.157 e. The van der Waals surface area contributed by atoms with Crippen LogP contribution in [-0.2, 0) is 14.2 Å². The molecule has 3 nitrogen and oxygen atoms in total. The number of rotatable bonds is 9. The van der Waals surface area contributed by atoms with Gasteiger partial charge in [0.2, 0.25) is 0 Å². The van der Waals surface area contributed by atoms with E-state index in [2.05, 4.69) is 12.2 Å². The van der Waals surface area contributed by atoms with Crippen LogP contribution in [0.5, 0.6) is 0 Å². The Balaban J connectivity index is 1.34. The average Bonchev–Trinajstić information content (AvgIpc) is 2.52. The van der Waals surface area contributed by atoms with E-state index >= 15 is 0 Å². The third kappa shape index (κ3) is 6.87. The lowest BCUT2D eigenvalue weighted by atomic mass is 9.95. The van der Waals surface area contributed by atoms with Gasteiger partial charge in [0, 0.05) is 26.4 Å². The quantitative estimate of drug-likeness (QED) is 0.471. The van der Waals surface area contributed by atoms with Gasteiger partial charge in [0.05, 0.1) is 0 Å². The molecule has 20 heavy (non-hydrogen) atoms. The molecule has 1 saturated heterocycles. The molecule has 1 fully saturated rings. The largest absolute Gasteiger partial charge is 0.381 e. The molecule has 0 amide bonds. The van der Waals surface area contributed by atoms with E-state index in [1.54, 1.807) is 0 Å². The molecule has 0 aromatic rings. The normalized spacial score (nSPS) is 26.8. The lowest BCUT2D eigenvalue weighted by Gasteiger charge is -2.22. The Bertz CT molecular complexity index is 259. The van der Waals surface area contributed by atoms with E-state index in [0.717, 1.165) is 51.6 Å². The first-order valence-corrected chi connectivity index (χ1v) is 8.41. The molecule has 0 aromatic carbocycles. The summed E-state index contributed by atoms with van der Waals surface area (Å²) in [6, 6.07) is 0. The molecule has 0 bridgehead atoms. The summed E-state index contributed by atoms with van der Waals surface area (Å²) in [5, 5.41) is 0. The summed E-state index contributed by atoms with van der Waals surface area (Å²) in [6.45, 7) is 3.55. The molecule has 2 atom stereocenters. The molecule has 2 aliphatic rings. The van der Waals surface area contributed by atoms with E-state index in [0.29, 0.717) is 0 Å². The first-order chi connectivity index (χ1) is 9.95. The van der Waals surface area contributed by atoms with Gasteiger partial charge >= 0.3 is 0 Å². The zero-order valence-electron chi connectivity index (χ0n) is 12.7. The van der Waals surface area contributed by atoms with Crippen LogP contribution >= 0.6 is 0 Å². The van der Waals surface area contributed by atoms with Gasteiger partial charge in [-0.3, -0.25) is 0 Å². The molecule has 1 aliphatic heterocycles. The average molecular weight is 282 g/mol. The van der Waals surface area contributed by atoms with Gasteiger partial charge in [-0.1, -0.05) is 12.2 Å². The van der Waals surface area contributed by atoms with Gasteiger partial charge in [-0.2, -0.15) is 0 Å². The summed E-state index contributed by atoms with van der Waals surface area (Å²) in [5.41, 5.74) is 0. The Hall–Kier alpha value is -0.380. The van der Waals surface area contributed by atoms with E-state index in [1.807, 2.05) is 0 Å². The van der Waals surface area contributed by atoms with Crippen LogP contribution in [0.25, 0.3) is 0 Å². The molecular formula is C17H30O3. The van der Waals surface area contributed by atoms with Gasteiger partial charge in [0.15, 0.2) is 6.29 Å². The van der Waals surface area contributed by atoms with Crippen molar-refractivity contribution in [1.82, 2.24) is 0 Å². The van der Waals surface area contributed by atoms with Crippen LogP contribution in [0.3, 0.4) is 0 Å². The lowest BCUT2D eigenvalue weighted by molar-refractivity contribution is -0.162. The number of allylic oxidation sites excluding steroid dienone is 2. The SMILES string of the molecule is C1=CCC(COCCCCCOC2CCCCO2)CC1. The van der Waals surface area contributed by atoms with E-state index < -0.39 is 0 Å². The molecule has 0 N–H and O–H groups in total. The van der Waals surface area contributed by atoms with Crippen molar-refractivity contribution in [3.05, 3.63) is 12.2 Å². The van der Waals surface area contributed by atoms with Crippen LogP contribution in [0.4, 0.5) is 0 Å². The predicted octanol–water partition coefficient (Wildman–Crippen LogP) is 4.07. The summed E-state index contributed by atoms with van der Waals surface area (Å²) >= 11 is 0. The van der Waals surface area contributed by atoms with Gasteiger partial charge in [0.1, 0.15) is 0 Å². The Morgan fingerprint density at radius 1 is 1.00 bits per heavy atom. The zero-order chi connectivity index (χ0) is 13.9. The summed E-state index contributed by atoms with van der Waals surface area (Å²) in [7, 11) is 0. The van der Waals surface area contributed by atoms with Crippen molar-refractivity contribution in [3.63, 3.8) is 0 Å². The number of hydrogen-bond acceptors (Lipinski definition) is 3. The summed E-state index contributed by atoms with van der Waals surface area (Å²) < 4.78 is 17.0. The second-order valence-electron chi connectivity index (χ2n) is 5.95. The topological polar surface area (TPSA) is 27.7 Å². The molecule has 0 aromatic heterocycles. The Labute approximate surface area is 123 Å². The zero-order valence-corrected chi connectivity index (χ0v) is 12.7. The van der Waals surface area contributed by atoms with Crippen molar-refractivity contribution in [2.75, 3.05) is 26.4 Å².